The van der Waals surface area contributed by atoms with Crippen LogP contribution in [-0.2, 0) is 4.79 Å². The molecule has 0 radical (unpaired) electrons. The molecule has 0 aromatic heterocycles. The van der Waals surface area contributed by atoms with E-state index in [1.807, 2.05) is 6.92 Å². The summed E-state index contributed by atoms with van der Waals surface area (Å²) in [7, 11) is 1.77. The fourth-order valence-electron chi connectivity index (χ4n) is 0.961. The second-order valence-corrected chi connectivity index (χ2v) is 3.27. The lowest BCUT2D eigenvalue weighted by Gasteiger charge is -2.19. The molecular formula is C9H20N2O. The lowest BCUT2D eigenvalue weighted by Crippen LogP contribution is -2.41. The summed E-state index contributed by atoms with van der Waals surface area (Å²) in [4.78, 5) is 11.1. The number of hydrogen-bond acceptors (Lipinski definition) is 2. The molecule has 0 bridgehead atoms. The fourth-order valence-corrected chi connectivity index (χ4v) is 0.961. The van der Waals surface area contributed by atoms with E-state index >= 15 is 0 Å². The van der Waals surface area contributed by atoms with Crippen LogP contribution in [0, 0.1) is 5.92 Å². The van der Waals surface area contributed by atoms with E-state index in [0.717, 1.165) is 6.42 Å². The van der Waals surface area contributed by atoms with Crippen molar-refractivity contribution in [2.45, 2.75) is 33.2 Å². The van der Waals surface area contributed by atoms with Crippen molar-refractivity contribution in [2.75, 3.05) is 13.6 Å². The lowest BCUT2D eigenvalue weighted by molar-refractivity contribution is -0.121. The minimum atomic E-state index is 0.0744. The molecule has 0 saturated carbocycles. The van der Waals surface area contributed by atoms with Crippen molar-refractivity contribution in [3.05, 3.63) is 0 Å². The zero-order valence-electron chi connectivity index (χ0n) is 8.48. The van der Waals surface area contributed by atoms with Gasteiger partial charge in [-0.2, -0.15) is 0 Å². The second kappa shape index (κ2) is 6.00. The Bertz CT molecular complexity index is 136. The molecule has 2 atom stereocenters. The van der Waals surface area contributed by atoms with E-state index in [-0.39, 0.29) is 11.9 Å². The van der Waals surface area contributed by atoms with E-state index in [0.29, 0.717) is 12.5 Å². The van der Waals surface area contributed by atoms with Crippen LogP contribution in [0.15, 0.2) is 0 Å². The normalized spacial score (nSPS) is 15.3. The van der Waals surface area contributed by atoms with E-state index in [4.69, 9.17) is 0 Å². The molecular weight excluding hydrogens is 152 g/mol. The van der Waals surface area contributed by atoms with Crippen LogP contribution < -0.4 is 10.6 Å². The molecule has 0 aliphatic carbocycles. The van der Waals surface area contributed by atoms with Gasteiger partial charge in [-0.1, -0.05) is 20.3 Å². The number of carbonyl (C=O) groups excluding carboxylic acids is 1. The van der Waals surface area contributed by atoms with Gasteiger partial charge < -0.3 is 10.6 Å². The molecule has 1 amide bonds. The van der Waals surface area contributed by atoms with E-state index in [1.54, 1.807) is 7.05 Å². The first kappa shape index (κ1) is 11.4. The average Bonchev–Trinajstić information content (AvgIpc) is 2.03. The highest BCUT2D eigenvalue weighted by atomic mass is 16.1. The third-order valence-electron chi connectivity index (χ3n) is 2.22. The van der Waals surface area contributed by atoms with Gasteiger partial charge >= 0.3 is 0 Å². The van der Waals surface area contributed by atoms with Gasteiger partial charge in [-0.05, 0) is 19.9 Å². The first-order chi connectivity index (χ1) is 5.61. The maximum atomic E-state index is 11.1. The largest absolute Gasteiger partial charge is 0.352 e. The van der Waals surface area contributed by atoms with Gasteiger partial charge in [-0.25, -0.2) is 0 Å². The number of likely N-dealkylation sites (N-methyl/N-ethyl adjacent to an activating group) is 1. The van der Waals surface area contributed by atoms with Gasteiger partial charge in [0.2, 0.25) is 5.91 Å². The van der Waals surface area contributed by atoms with E-state index in [2.05, 4.69) is 24.5 Å². The summed E-state index contributed by atoms with van der Waals surface area (Å²) in [5.41, 5.74) is 0. The van der Waals surface area contributed by atoms with Crippen LogP contribution in [0.3, 0.4) is 0 Å². The van der Waals surface area contributed by atoms with Crippen molar-refractivity contribution in [1.29, 1.82) is 0 Å². The van der Waals surface area contributed by atoms with Crippen LogP contribution in [0.4, 0.5) is 0 Å². The number of hydrogen-bond donors (Lipinski definition) is 2. The Hall–Kier alpha value is -0.570. The van der Waals surface area contributed by atoms with Gasteiger partial charge in [0.15, 0.2) is 0 Å². The standard InChI is InChI=1S/C9H20N2O/c1-5-7(2)8(3)11-9(12)6-10-4/h7-8,10H,5-6H2,1-4H3,(H,11,12). The van der Waals surface area contributed by atoms with Crippen LogP contribution >= 0.6 is 0 Å². The minimum absolute atomic E-state index is 0.0744. The monoisotopic (exact) mass is 172 g/mol. The molecule has 3 heteroatoms. The summed E-state index contributed by atoms with van der Waals surface area (Å²) in [6.07, 6.45) is 1.10. The van der Waals surface area contributed by atoms with Crippen LogP contribution in [0.1, 0.15) is 27.2 Å². The van der Waals surface area contributed by atoms with Crippen molar-refractivity contribution in [3.8, 4) is 0 Å². The van der Waals surface area contributed by atoms with Crippen molar-refractivity contribution >= 4 is 5.91 Å². The first-order valence-electron chi connectivity index (χ1n) is 4.55. The van der Waals surface area contributed by atoms with E-state index in [9.17, 15) is 4.79 Å². The molecule has 0 aromatic carbocycles. The molecule has 72 valence electrons. The van der Waals surface area contributed by atoms with Crippen LogP contribution in [0.2, 0.25) is 0 Å². The zero-order valence-corrected chi connectivity index (χ0v) is 8.48. The Morgan fingerprint density at radius 1 is 1.42 bits per heavy atom. The number of rotatable bonds is 5. The van der Waals surface area contributed by atoms with E-state index < -0.39 is 0 Å². The highest BCUT2D eigenvalue weighted by molar-refractivity contribution is 5.78. The highest BCUT2D eigenvalue weighted by Crippen LogP contribution is 2.05. The zero-order chi connectivity index (χ0) is 9.56. The smallest absolute Gasteiger partial charge is 0.234 e. The van der Waals surface area contributed by atoms with Crippen LogP contribution in [-0.4, -0.2) is 25.5 Å². The molecule has 2 N–H and O–H groups in total. The Morgan fingerprint density at radius 2 is 2.00 bits per heavy atom. The summed E-state index contributed by atoms with van der Waals surface area (Å²) in [5, 5.41) is 5.75. The van der Waals surface area contributed by atoms with Gasteiger partial charge in [0.25, 0.3) is 0 Å². The average molecular weight is 172 g/mol. The Morgan fingerprint density at radius 3 is 2.42 bits per heavy atom. The summed E-state index contributed by atoms with van der Waals surface area (Å²) in [6.45, 7) is 6.72. The van der Waals surface area contributed by atoms with E-state index in [1.165, 1.54) is 0 Å². The Kier molecular flexibility index (Phi) is 5.72. The summed E-state index contributed by atoms with van der Waals surface area (Å²) in [6, 6.07) is 0.274. The van der Waals surface area contributed by atoms with Gasteiger partial charge in [0, 0.05) is 6.04 Å². The molecule has 0 fully saturated rings. The van der Waals surface area contributed by atoms with Crippen molar-refractivity contribution < 1.29 is 4.79 Å². The molecule has 12 heavy (non-hydrogen) atoms. The Labute approximate surface area is 74.9 Å². The topological polar surface area (TPSA) is 41.1 Å². The molecule has 0 aliphatic heterocycles. The van der Waals surface area contributed by atoms with Crippen LogP contribution in [0.5, 0.6) is 0 Å². The highest BCUT2D eigenvalue weighted by Gasteiger charge is 2.11. The molecule has 0 spiro atoms. The fraction of sp³-hybridized carbons (Fsp3) is 0.889. The third-order valence-corrected chi connectivity index (χ3v) is 2.22. The van der Waals surface area contributed by atoms with Gasteiger partial charge in [0.05, 0.1) is 6.54 Å². The molecule has 2 unspecified atom stereocenters. The number of carbonyl (C=O) groups is 1. The minimum Gasteiger partial charge on any atom is -0.352 e. The molecule has 0 saturated heterocycles. The molecule has 0 heterocycles. The SMILES string of the molecule is CCC(C)C(C)NC(=O)CNC. The predicted molar refractivity (Wildman–Crippen MR) is 51.0 cm³/mol. The quantitative estimate of drug-likeness (QED) is 0.642. The molecule has 0 rings (SSSR count). The summed E-state index contributed by atoms with van der Waals surface area (Å²) in [5.74, 6) is 0.621. The van der Waals surface area contributed by atoms with Crippen molar-refractivity contribution in [2.24, 2.45) is 5.92 Å². The number of amides is 1. The lowest BCUT2D eigenvalue weighted by atomic mass is 10.0. The summed E-state index contributed by atoms with van der Waals surface area (Å²) < 4.78 is 0. The predicted octanol–water partition coefficient (Wildman–Crippen LogP) is 0.757. The number of nitrogens with one attached hydrogen (secondary N) is 2. The molecule has 0 aromatic rings. The van der Waals surface area contributed by atoms with Gasteiger partial charge in [-0.15, -0.1) is 0 Å². The van der Waals surface area contributed by atoms with Crippen molar-refractivity contribution in [3.63, 3.8) is 0 Å². The maximum absolute atomic E-state index is 11.1. The summed E-state index contributed by atoms with van der Waals surface area (Å²) >= 11 is 0. The first-order valence-corrected chi connectivity index (χ1v) is 4.55. The van der Waals surface area contributed by atoms with Gasteiger partial charge in [-0.3, -0.25) is 4.79 Å². The Balaban J connectivity index is 3.67. The van der Waals surface area contributed by atoms with Crippen LogP contribution in [0.25, 0.3) is 0 Å². The third kappa shape index (κ3) is 4.34. The molecule has 3 nitrogen and oxygen atoms in total. The second-order valence-electron chi connectivity index (χ2n) is 3.27. The maximum Gasteiger partial charge on any atom is 0.234 e. The van der Waals surface area contributed by atoms with Crippen molar-refractivity contribution in [1.82, 2.24) is 10.6 Å². The van der Waals surface area contributed by atoms with Gasteiger partial charge in [0.1, 0.15) is 0 Å². The molecule has 0 aliphatic rings.